The molecule has 0 aliphatic rings. The summed E-state index contributed by atoms with van der Waals surface area (Å²) in [5.74, 6) is 0.871. The zero-order valence-electron chi connectivity index (χ0n) is 13.4. The second kappa shape index (κ2) is 5.15. The molecule has 3 rings (SSSR count). The van der Waals surface area contributed by atoms with Crippen LogP contribution in [0.3, 0.4) is 0 Å². The van der Waals surface area contributed by atoms with Crippen LogP contribution in [0.25, 0.3) is 11.7 Å². The summed E-state index contributed by atoms with van der Waals surface area (Å²) in [6.07, 6.45) is 2.43. The van der Waals surface area contributed by atoms with E-state index in [1.807, 2.05) is 27.7 Å². The van der Waals surface area contributed by atoms with Crippen molar-refractivity contribution in [1.82, 2.24) is 19.8 Å². The van der Waals surface area contributed by atoms with E-state index in [2.05, 4.69) is 15.3 Å². The first-order valence-electron chi connectivity index (χ1n) is 7.31. The van der Waals surface area contributed by atoms with E-state index in [0.29, 0.717) is 17.8 Å². The van der Waals surface area contributed by atoms with E-state index >= 15 is 0 Å². The first-order chi connectivity index (χ1) is 10.8. The molecule has 0 spiro atoms. The summed E-state index contributed by atoms with van der Waals surface area (Å²) in [7, 11) is 0. The average Bonchev–Trinajstić information content (AvgIpc) is 3.13. The Kier molecular flexibility index (Phi) is 3.39. The van der Waals surface area contributed by atoms with Crippen LogP contribution in [-0.2, 0) is 11.8 Å². The van der Waals surface area contributed by atoms with E-state index in [1.54, 1.807) is 16.7 Å². The van der Waals surface area contributed by atoms with Crippen molar-refractivity contribution in [3.8, 4) is 0 Å². The number of aromatic nitrogens is 4. The van der Waals surface area contributed by atoms with E-state index in [4.69, 9.17) is 4.42 Å². The standard InChI is InChI=1S/C15H17N5O3/c1-5-11-10(8-9-6-7-12(23-9)20(21)22)13-16-17-14(15(2,3)4)19(13)18-11/h6-8H,5H2,1-4H3/b10-8-. The predicted octanol–water partition coefficient (Wildman–Crippen LogP) is 2.03. The van der Waals surface area contributed by atoms with Crippen LogP contribution in [0.2, 0.25) is 0 Å². The zero-order valence-corrected chi connectivity index (χ0v) is 13.4. The molecule has 0 amide bonds. The summed E-state index contributed by atoms with van der Waals surface area (Å²) in [5.41, 5.74) is 1.29. The van der Waals surface area contributed by atoms with Gasteiger partial charge in [-0.05, 0) is 18.6 Å². The minimum atomic E-state index is -0.564. The molecule has 3 aromatic heterocycles. The average molecular weight is 315 g/mol. The molecule has 120 valence electrons. The Morgan fingerprint density at radius 3 is 2.65 bits per heavy atom. The Hall–Kier alpha value is -2.77. The van der Waals surface area contributed by atoms with Gasteiger partial charge in [-0.2, -0.15) is 9.61 Å². The van der Waals surface area contributed by atoms with Crippen molar-refractivity contribution >= 4 is 17.6 Å². The molecule has 0 bridgehead atoms. The highest BCUT2D eigenvalue weighted by Crippen LogP contribution is 2.20. The maximum atomic E-state index is 10.7. The highest BCUT2D eigenvalue weighted by molar-refractivity contribution is 5.55. The van der Waals surface area contributed by atoms with Gasteiger partial charge in [-0.3, -0.25) is 10.1 Å². The molecule has 0 N–H and O–H groups in total. The quantitative estimate of drug-likeness (QED) is 0.541. The highest BCUT2D eigenvalue weighted by atomic mass is 16.6. The third kappa shape index (κ3) is 2.56. The molecule has 8 heteroatoms. The van der Waals surface area contributed by atoms with Crippen LogP contribution in [0.4, 0.5) is 5.88 Å². The fourth-order valence-electron chi connectivity index (χ4n) is 2.38. The zero-order chi connectivity index (χ0) is 16.8. The SMILES string of the molecule is CCc1nn2c(C(C)(C)C)nnc2/c1=C\c1ccc([N+](=O)[O-])o1. The van der Waals surface area contributed by atoms with Crippen LogP contribution in [0, 0.1) is 10.1 Å². The largest absolute Gasteiger partial charge is 0.433 e. The van der Waals surface area contributed by atoms with Crippen LogP contribution in [0.15, 0.2) is 16.5 Å². The van der Waals surface area contributed by atoms with Gasteiger partial charge in [-0.15, -0.1) is 10.2 Å². The smallest absolute Gasteiger partial charge is 0.401 e. The van der Waals surface area contributed by atoms with Crippen molar-refractivity contribution in [2.75, 3.05) is 0 Å². The van der Waals surface area contributed by atoms with Gasteiger partial charge in [-0.1, -0.05) is 27.7 Å². The number of nitro groups is 1. The normalized spacial score (nSPS) is 13.1. The number of nitrogens with zero attached hydrogens (tertiary/aromatic N) is 5. The molecule has 0 atom stereocenters. The van der Waals surface area contributed by atoms with Gasteiger partial charge >= 0.3 is 5.88 Å². The fraction of sp³-hybridized carbons (Fsp3) is 0.400. The van der Waals surface area contributed by atoms with E-state index < -0.39 is 4.92 Å². The maximum absolute atomic E-state index is 10.7. The fourth-order valence-corrected chi connectivity index (χ4v) is 2.38. The molecule has 3 heterocycles. The topological polar surface area (TPSA) is 99.4 Å². The number of hydrogen-bond donors (Lipinski definition) is 0. The number of fused-ring (bicyclic) bond motifs is 1. The Morgan fingerprint density at radius 1 is 1.35 bits per heavy atom. The molecule has 0 unspecified atom stereocenters. The van der Waals surface area contributed by atoms with E-state index in [-0.39, 0.29) is 11.3 Å². The second-order valence-corrected chi connectivity index (χ2v) is 6.30. The number of hydrogen-bond acceptors (Lipinski definition) is 6. The summed E-state index contributed by atoms with van der Waals surface area (Å²) in [6.45, 7) is 8.13. The number of rotatable bonds is 3. The van der Waals surface area contributed by atoms with Gasteiger partial charge in [0.2, 0.25) is 0 Å². The van der Waals surface area contributed by atoms with Gasteiger partial charge in [0.05, 0.1) is 11.8 Å². The Balaban J connectivity index is 2.21. The maximum Gasteiger partial charge on any atom is 0.433 e. The Bertz CT molecular complexity index is 933. The van der Waals surface area contributed by atoms with Gasteiger partial charge in [-0.25, -0.2) is 0 Å². The van der Waals surface area contributed by atoms with E-state index in [1.165, 1.54) is 6.07 Å². The van der Waals surface area contributed by atoms with E-state index in [0.717, 1.165) is 16.7 Å². The molecule has 0 aliphatic carbocycles. The van der Waals surface area contributed by atoms with Gasteiger partial charge in [0.1, 0.15) is 10.7 Å². The lowest BCUT2D eigenvalue weighted by atomic mass is 9.96. The van der Waals surface area contributed by atoms with Crippen molar-refractivity contribution in [2.45, 2.75) is 39.5 Å². The summed E-state index contributed by atoms with van der Waals surface area (Å²) in [4.78, 5) is 10.2. The first kappa shape index (κ1) is 15.1. The van der Waals surface area contributed by atoms with Gasteiger partial charge in [0.15, 0.2) is 11.5 Å². The first-order valence-corrected chi connectivity index (χ1v) is 7.31. The van der Waals surface area contributed by atoms with Crippen LogP contribution < -0.4 is 5.22 Å². The minimum Gasteiger partial charge on any atom is -0.401 e. The van der Waals surface area contributed by atoms with E-state index in [9.17, 15) is 10.1 Å². The molecular formula is C15H17N5O3. The Morgan fingerprint density at radius 2 is 2.09 bits per heavy atom. The molecule has 3 aromatic rings. The summed E-state index contributed by atoms with van der Waals surface area (Å²) in [5, 5.41) is 24.5. The molecule has 8 nitrogen and oxygen atoms in total. The van der Waals surface area contributed by atoms with Crippen LogP contribution in [-0.4, -0.2) is 24.7 Å². The molecule has 0 aromatic carbocycles. The minimum absolute atomic E-state index is 0.188. The molecular weight excluding hydrogens is 298 g/mol. The highest BCUT2D eigenvalue weighted by Gasteiger charge is 2.24. The molecule has 0 saturated carbocycles. The van der Waals surface area contributed by atoms with Crippen molar-refractivity contribution in [1.29, 1.82) is 0 Å². The Labute approximate surface area is 132 Å². The van der Waals surface area contributed by atoms with Crippen molar-refractivity contribution in [2.24, 2.45) is 0 Å². The molecule has 0 saturated heterocycles. The van der Waals surface area contributed by atoms with Crippen LogP contribution in [0.5, 0.6) is 0 Å². The van der Waals surface area contributed by atoms with Crippen LogP contribution in [0.1, 0.15) is 45.0 Å². The third-order valence-electron chi connectivity index (χ3n) is 3.50. The predicted molar refractivity (Wildman–Crippen MR) is 83.0 cm³/mol. The second-order valence-electron chi connectivity index (χ2n) is 6.30. The van der Waals surface area contributed by atoms with Crippen molar-refractivity contribution < 1.29 is 9.34 Å². The van der Waals surface area contributed by atoms with Crippen LogP contribution >= 0.6 is 0 Å². The van der Waals surface area contributed by atoms with Gasteiger partial charge < -0.3 is 4.42 Å². The molecule has 23 heavy (non-hydrogen) atoms. The number of aryl methyl sites for hydroxylation is 1. The molecule has 0 fully saturated rings. The van der Waals surface area contributed by atoms with Crippen molar-refractivity contribution in [3.05, 3.63) is 44.7 Å². The lowest BCUT2D eigenvalue weighted by Crippen LogP contribution is -2.16. The summed E-state index contributed by atoms with van der Waals surface area (Å²) < 4.78 is 6.94. The third-order valence-corrected chi connectivity index (χ3v) is 3.50. The molecule has 0 aliphatic heterocycles. The lowest BCUT2D eigenvalue weighted by molar-refractivity contribution is -0.402. The van der Waals surface area contributed by atoms with Gasteiger partial charge in [0, 0.05) is 10.6 Å². The molecule has 0 radical (unpaired) electrons. The summed E-state index contributed by atoms with van der Waals surface area (Å²) in [6, 6.07) is 2.89. The number of furan rings is 1. The monoisotopic (exact) mass is 315 g/mol. The summed E-state index contributed by atoms with van der Waals surface area (Å²) >= 11 is 0. The lowest BCUT2D eigenvalue weighted by Gasteiger charge is -2.13. The van der Waals surface area contributed by atoms with Gasteiger partial charge in [0.25, 0.3) is 0 Å². The van der Waals surface area contributed by atoms with Crippen molar-refractivity contribution in [3.63, 3.8) is 0 Å².